The first-order chi connectivity index (χ1) is 30.8. The number of aromatic nitrogens is 2. The fraction of sp³-hybridized carbons (Fsp3) is 0.261. The zero-order chi connectivity index (χ0) is 43.4. The summed E-state index contributed by atoms with van der Waals surface area (Å²) in [6.07, 6.45) is 0.486. The number of carbonyl (C=O) groups excluding carboxylic acids is 1. The van der Waals surface area contributed by atoms with Crippen molar-refractivity contribution in [2.75, 3.05) is 26.4 Å². The number of carboxylic acid groups (broad SMARTS) is 1. The molecule has 6 bridgehead atoms. The molecule has 0 unspecified atom stereocenters. The van der Waals surface area contributed by atoms with E-state index in [9.17, 15) is 14.7 Å². The van der Waals surface area contributed by atoms with Crippen molar-refractivity contribution in [2.24, 2.45) is 30.0 Å². The normalized spacial score (nSPS) is 14.1. The molecule has 16 nitrogen and oxygen atoms in total. The van der Waals surface area contributed by atoms with Gasteiger partial charge in [-0.2, -0.15) is 0 Å². The van der Waals surface area contributed by atoms with Crippen LogP contribution in [-0.4, -0.2) is 88.8 Å². The van der Waals surface area contributed by atoms with Gasteiger partial charge in [-0.25, -0.2) is 30.0 Å². The number of aliphatic imine (C=N–C) groups is 4. The molecule has 316 valence electrons. The van der Waals surface area contributed by atoms with Crippen LogP contribution in [0.15, 0.2) is 103 Å². The Morgan fingerprint density at radius 1 is 0.540 bits per heavy atom. The van der Waals surface area contributed by atoms with E-state index < -0.39 is 26.9 Å². The maximum Gasteiger partial charge on any atom is 0.904 e. The SMILES string of the molecule is CCOc1cccc2c1C1=NC2=Nc2c3c(OCC)cccc3c3[n]2[Al]([O]C(=O)CCCCC(=O)O)[n]2c(c4cccc(OCC)c4c2=NC2=NC(=N3)c3c(OCC)cccc32)=N1. The van der Waals surface area contributed by atoms with E-state index in [0.29, 0.717) is 152 Å². The summed E-state index contributed by atoms with van der Waals surface area (Å²) in [4.78, 5) is 57.8. The average molecular weight is 861 g/mol. The van der Waals surface area contributed by atoms with Crippen LogP contribution in [0, 0.1) is 0 Å². The van der Waals surface area contributed by atoms with Gasteiger partial charge in [0, 0.05) is 34.7 Å². The Labute approximate surface area is 365 Å². The molecule has 0 atom stereocenters. The molecule has 63 heavy (non-hydrogen) atoms. The molecule has 10 rings (SSSR count). The molecule has 0 radical (unpaired) electrons. The van der Waals surface area contributed by atoms with Gasteiger partial charge in [-0.05, 0) is 64.8 Å². The third-order valence-electron chi connectivity index (χ3n) is 11.0. The molecule has 1 N–H and O–H groups in total. The smallest absolute Gasteiger partial charge is 0.582 e. The summed E-state index contributed by atoms with van der Waals surface area (Å²) >= 11 is -3.62. The fourth-order valence-electron chi connectivity index (χ4n) is 8.57. The third kappa shape index (κ3) is 6.66. The minimum Gasteiger partial charge on any atom is -0.582 e. The number of unbranched alkanes of at least 4 members (excludes halogenated alkanes) is 1. The first kappa shape index (κ1) is 40.0. The summed E-state index contributed by atoms with van der Waals surface area (Å²) in [6.45, 7) is 9.18. The number of hydrogen-bond donors (Lipinski definition) is 1. The monoisotopic (exact) mass is 860 g/mol. The zero-order valence-electron chi connectivity index (χ0n) is 35.0. The van der Waals surface area contributed by atoms with Gasteiger partial charge in [0.1, 0.15) is 45.6 Å². The van der Waals surface area contributed by atoms with Crippen molar-refractivity contribution in [1.29, 1.82) is 0 Å². The van der Waals surface area contributed by atoms with Crippen molar-refractivity contribution in [3.8, 4) is 23.0 Å². The molecule has 4 aliphatic rings. The first-order valence-electron chi connectivity index (χ1n) is 21.1. The van der Waals surface area contributed by atoms with E-state index in [4.69, 9.17) is 52.7 Å². The minimum atomic E-state index is -3.62. The number of nitrogens with zero attached hydrogens (tertiary/aromatic N) is 8. The predicted molar refractivity (Wildman–Crippen MR) is 238 cm³/mol. The predicted octanol–water partition coefficient (Wildman–Crippen LogP) is 6.70. The number of hydrogen-bond acceptors (Lipinski definition) is 13. The number of aliphatic carboxylic acids is 1. The number of amidine groups is 4. The molecule has 0 fully saturated rings. The molecule has 0 amide bonds. The summed E-state index contributed by atoms with van der Waals surface area (Å²) in [5.41, 5.74) is 3.51. The lowest BCUT2D eigenvalue weighted by atomic mass is 10.1. The lowest BCUT2D eigenvalue weighted by Crippen LogP contribution is -2.49. The second kappa shape index (κ2) is 16.3. The van der Waals surface area contributed by atoms with E-state index in [-0.39, 0.29) is 12.8 Å². The maximum absolute atomic E-state index is 14.4. The topological polar surface area (TPSA) is 185 Å². The highest BCUT2D eigenvalue weighted by atomic mass is 27.2. The molecule has 2 aromatic heterocycles. The lowest BCUT2D eigenvalue weighted by molar-refractivity contribution is -0.138. The van der Waals surface area contributed by atoms with E-state index in [1.807, 2.05) is 108 Å². The number of ether oxygens (including phenoxy) is 4. The Morgan fingerprint density at radius 2 is 1.05 bits per heavy atom. The van der Waals surface area contributed by atoms with Crippen LogP contribution >= 0.6 is 0 Å². The van der Waals surface area contributed by atoms with Gasteiger partial charge < -0.3 is 34.9 Å². The molecular formula is C46H41AlN8O8. The molecular weight excluding hydrogens is 820 g/mol. The molecule has 6 heterocycles. The summed E-state index contributed by atoms with van der Waals surface area (Å²) in [5, 5.41) is 11.9. The van der Waals surface area contributed by atoms with E-state index >= 15 is 0 Å². The summed E-state index contributed by atoms with van der Waals surface area (Å²) in [5.74, 6) is 3.00. The number of benzene rings is 4. The van der Waals surface area contributed by atoms with Gasteiger partial charge in [0.2, 0.25) is 0 Å². The van der Waals surface area contributed by atoms with Gasteiger partial charge >= 0.3 is 20.9 Å². The van der Waals surface area contributed by atoms with Crippen molar-refractivity contribution >= 4 is 83.4 Å². The number of carboxylic acids is 1. The standard InChI is InChI=1S/C40H32N8O4.C6H10O4.Al/c1-5-49-25-17-9-13-21-29(25)37-41-33(21)46-38-31-23(15-11-19-27(31)51-7-3)35(43-38)48-40-32-24(16-12-20-28(32)52-8-4)36(44-40)47-39-30-22(34(42-39)45-37)14-10-18-26(30)50-6-2;7-5(8)3-1-2-4-6(9)10;/h9-20H,5-8H2,1-4H3;1-4H2,(H,7,8)(H,9,10);/q-2;;+3/p-1. The van der Waals surface area contributed by atoms with Crippen molar-refractivity contribution in [3.63, 3.8) is 0 Å². The Kier molecular flexibility index (Phi) is 10.4. The highest BCUT2D eigenvalue weighted by Gasteiger charge is 2.47. The van der Waals surface area contributed by atoms with Crippen LogP contribution in [0.2, 0.25) is 0 Å². The average Bonchev–Trinajstić information content (AvgIpc) is 3.99. The van der Waals surface area contributed by atoms with Gasteiger partial charge in [-0.1, -0.05) is 48.5 Å². The Morgan fingerprint density at radius 3 is 1.70 bits per heavy atom. The maximum atomic E-state index is 14.4. The molecule has 0 spiro atoms. The molecule has 4 aromatic carbocycles. The number of fused-ring (bicyclic) bond motifs is 14. The quantitative estimate of drug-likeness (QED) is 0.0926. The van der Waals surface area contributed by atoms with E-state index in [1.165, 1.54) is 0 Å². The Balaban J connectivity index is 1.42. The van der Waals surface area contributed by atoms with Crippen LogP contribution in [-0.2, 0) is 13.4 Å². The Bertz CT molecular complexity index is 3180. The zero-order valence-corrected chi connectivity index (χ0v) is 36.2. The van der Waals surface area contributed by atoms with Crippen molar-refractivity contribution < 1.29 is 37.4 Å². The van der Waals surface area contributed by atoms with Crippen molar-refractivity contribution in [2.45, 2.75) is 53.4 Å². The number of rotatable bonds is 14. The molecule has 4 aliphatic heterocycles. The van der Waals surface area contributed by atoms with Gasteiger partial charge in [0.25, 0.3) is 5.97 Å². The van der Waals surface area contributed by atoms with Crippen LogP contribution in [0.4, 0.5) is 11.6 Å². The largest absolute Gasteiger partial charge is 0.904 e. The molecule has 6 aromatic rings. The lowest BCUT2D eigenvalue weighted by Gasteiger charge is -2.19. The van der Waals surface area contributed by atoms with Gasteiger partial charge in [0.05, 0.1) is 48.3 Å². The molecule has 0 aliphatic carbocycles. The fourth-order valence-corrected chi connectivity index (χ4v) is 11.0. The second-order valence-corrected chi connectivity index (χ2v) is 16.8. The van der Waals surface area contributed by atoms with Gasteiger partial charge in [-0.3, -0.25) is 9.59 Å². The third-order valence-corrected chi connectivity index (χ3v) is 13.4. The van der Waals surface area contributed by atoms with Crippen LogP contribution in [0.1, 0.15) is 75.6 Å². The van der Waals surface area contributed by atoms with Gasteiger partial charge in [0.15, 0.2) is 23.3 Å². The Hall–Kier alpha value is -7.09. The first-order valence-corrected chi connectivity index (χ1v) is 22.7. The molecule has 0 saturated carbocycles. The summed E-state index contributed by atoms with van der Waals surface area (Å²) in [7, 11) is 0. The molecule has 0 saturated heterocycles. The van der Waals surface area contributed by atoms with Crippen LogP contribution in [0.25, 0.3) is 21.5 Å². The van der Waals surface area contributed by atoms with E-state index in [2.05, 4.69) is 0 Å². The second-order valence-electron chi connectivity index (χ2n) is 14.9. The minimum absolute atomic E-state index is 0.0366. The summed E-state index contributed by atoms with van der Waals surface area (Å²) < 4.78 is 35.8. The van der Waals surface area contributed by atoms with Crippen LogP contribution < -0.4 is 29.9 Å². The van der Waals surface area contributed by atoms with Crippen LogP contribution in [0.5, 0.6) is 23.0 Å². The summed E-state index contributed by atoms with van der Waals surface area (Å²) in [6, 6.07) is 22.9. The van der Waals surface area contributed by atoms with Gasteiger partial charge in [-0.15, -0.1) is 0 Å². The van der Waals surface area contributed by atoms with Crippen molar-refractivity contribution in [1.82, 2.24) is 7.10 Å². The van der Waals surface area contributed by atoms with Crippen LogP contribution in [0.3, 0.4) is 0 Å². The van der Waals surface area contributed by atoms with Crippen molar-refractivity contribution in [3.05, 3.63) is 106 Å². The van der Waals surface area contributed by atoms with E-state index in [1.54, 1.807) is 0 Å². The number of carbonyl (C=O) groups is 2. The molecule has 17 heteroatoms. The highest BCUT2D eigenvalue weighted by molar-refractivity contribution is 6.53. The van der Waals surface area contributed by atoms with E-state index in [0.717, 1.165) is 0 Å². The highest BCUT2D eigenvalue weighted by Crippen LogP contribution is 2.46.